The fraction of sp³-hybridized carbons (Fsp3) is 0.231. The number of methoxy groups -OCH3 is 1. The van der Waals surface area contributed by atoms with Crippen molar-refractivity contribution in [1.29, 1.82) is 0 Å². The van der Waals surface area contributed by atoms with E-state index < -0.39 is 17.7 Å². The SMILES string of the molecule is COc1cc(C(Cc2cc(F)ccc2F)NN)ncn1. The molecule has 1 atom stereocenters. The van der Waals surface area contributed by atoms with Gasteiger partial charge in [-0.3, -0.25) is 11.3 Å². The van der Waals surface area contributed by atoms with E-state index in [4.69, 9.17) is 10.6 Å². The number of nitrogens with zero attached hydrogens (tertiary/aromatic N) is 2. The van der Waals surface area contributed by atoms with Crippen LogP contribution in [0.1, 0.15) is 17.3 Å². The Balaban J connectivity index is 2.26. The van der Waals surface area contributed by atoms with Gasteiger partial charge < -0.3 is 4.74 Å². The molecule has 0 aliphatic carbocycles. The Morgan fingerprint density at radius 2 is 2.10 bits per heavy atom. The molecule has 0 aliphatic heterocycles. The van der Waals surface area contributed by atoms with Crippen molar-refractivity contribution < 1.29 is 13.5 Å². The van der Waals surface area contributed by atoms with Crippen molar-refractivity contribution >= 4 is 0 Å². The minimum absolute atomic E-state index is 0.153. The molecule has 3 N–H and O–H groups in total. The summed E-state index contributed by atoms with van der Waals surface area (Å²) in [5.41, 5.74) is 3.27. The summed E-state index contributed by atoms with van der Waals surface area (Å²) in [5.74, 6) is 4.84. The first-order valence-corrected chi connectivity index (χ1v) is 5.90. The van der Waals surface area contributed by atoms with Crippen molar-refractivity contribution in [2.24, 2.45) is 5.84 Å². The van der Waals surface area contributed by atoms with Crippen molar-refractivity contribution in [3.05, 3.63) is 53.5 Å². The zero-order chi connectivity index (χ0) is 14.5. The molecule has 0 amide bonds. The Bertz CT molecular complexity index is 594. The summed E-state index contributed by atoms with van der Waals surface area (Å²) in [5, 5.41) is 0. The number of halogens is 2. The fourth-order valence-electron chi connectivity index (χ4n) is 1.82. The summed E-state index contributed by atoms with van der Waals surface area (Å²) in [7, 11) is 1.48. The highest BCUT2D eigenvalue weighted by Crippen LogP contribution is 2.20. The van der Waals surface area contributed by atoms with Gasteiger partial charge in [0.15, 0.2) is 0 Å². The van der Waals surface area contributed by atoms with E-state index in [-0.39, 0.29) is 12.0 Å². The maximum atomic E-state index is 13.6. The number of nitrogens with one attached hydrogen (secondary N) is 1. The third kappa shape index (κ3) is 3.25. The molecule has 1 aromatic carbocycles. The molecule has 0 bridgehead atoms. The van der Waals surface area contributed by atoms with Gasteiger partial charge in [-0.1, -0.05) is 0 Å². The van der Waals surface area contributed by atoms with Gasteiger partial charge >= 0.3 is 0 Å². The lowest BCUT2D eigenvalue weighted by Crippen LogP contribution is -2.30. The van der Waals surface area contributed by atoms with Crippen LogP contribution >= 0.6 is 0 Å². The number of hydrazine groups is 1. The van der Waals surface area contributed by atoms with Crippen LogP contribution in [0.2, 0.25) is 0 Å². The van der Waals surface area contributed by atoms with Crippen LogP contribution in [0.15, 0.2) is 30.6 Å². The van der Waals surface area contributed by atoms with E-state index in [1.807, 2.05) is 0 Å². The fourth-order valence-corrected chi connectivity index (χ4v) is 1.82. The summed E-state index contributed by atoms with van der Waals surface area (Å²) in [6.07, 6.45) is 1.47. The number of benzene rings is 1. The zero-order valence-electron chi connectivity index (χ0n) is 10.8. The monoisotopic (exact) mass is 280 g/mol. The van der Waals surface area contributed by atoms with E-state index >= 15 is 0 Å². The second kappa shape index (κ2) is 6.36. The lowest BCUT2D eigenvalue weighted by molar-refractivity contribution is 0.393. The Hall–Kier alpha value is -2.12. The van der Waals surface area contributed by atoms with Crippen LogP contribution in [-0.2, 0) is 6.42 Å². The van der Waals surface area contributed by atoms with Crippen molar-refractivity contribution in [3.8, 4) is 5.88 Å². The summed E-state index contributed by atoms with van der Waals surface area (Å²) in [6.45, 7) is 0. The van der Waals surface area contributed by atoms with E-state index in [1.165, 1.54) is 13.4 Å². The Labute approximate surface area is 114 Å². The van der Waals surface area contributed by atoms with Crippen molar-refractivity contribution in [3.63, 3.8) is 0 Å². The summed E-state index contributed by atoms with van der Waals surface area (Å²) >= 11 is 0. The number of rotatable bonds is 5. The van der Waals surface area contributed by atoms with Gasteiger partial charge in [0.1, 0.15) is 18.0 Å². The van der Waals surface area contributed by atoms with Crippen LogP contribution < -0.4 is 16.0 Å². The molecule has 1 unspecified atom stereocenters. The predicted octanol–water partition coefficient (Wildman–Crippen LogP) is 1.51. The Morgan fingerprint density at radius 1 is 1.30 bits per heavy atom. The van der Waals surface area contributed by atoms with Gasteiger partial charge in [-0.25, -0.2) is 18.7 Å². The standard InChI is InChI=1S/C13H14F2N4O/c1-20-13-6-11(17-7-18-13)12(19-16)5-8-4-9(14)2-3-10(8)15/h2-4,6-7,12,19H,5,16H2,1H3. The van der Waals surface area contributed by atoms with E-state index in [9.17, 15) is 8.78 Å². The van der Waals surface area contributed by atoms with Crippen LogP contribution in [0.3, 0.4) is 0 Å². The van der Waals surface area contributed by atoms with E-state index in [0.717, 1.165) is 18.2 Å². The minimum atomic E-state index is -0.502. The minimum Gasteiger partial charge on any atom is -0.481 e. The van der Waals surface area contributed by atoms with E-state index in [1.54, 1.807) is 6.07 Å². The molecule has 2 rings (SSSR count). The average molecular weight is 280 g/mol. The molecule has 0 saturated carbocycles. The number of hydrogen-bond acceptors (Lipinski definition) is 5. The molecule has 0 fully saturated rings. The maximum Gasteiger partial charge on any atom is 0.216 e. The van der Waals surface area contributed by atoms with Crippen LogP contribution in [0, 0.1) is 11.6 Å². The third-order valence-corrected chi connectivity index (χ3v) is 2.86. The first-order valence-electron chi connectivity index (χ1n) is 5.90. The molecule has 0 spiro atoms. The van der Waals surface area contributed by atoms with Crippen molar-refractivity contribution in [2.45, 2.75) is 12.5 Å². The average Bonchev–Trinajstić information content (AvgIpc) is 2.48. The molecule has 0 radical (unpaired) electrons. The van der Waals surface area contributed by atoms with E-state index in [2.05, 4.69) is 15.4 Å². The van der Waals surface area contributed by atoms with Crippen LogP contribution in [0.4, 0.5) is 8.78 Å². The van der Waals surface area contributed by atoms with Gasteiger partial charge in [0.05, 0.1) is 18.8 Å². The van der Waals surface area contributed by atoms with Gasteiger partial charge in [0, 0.05) is 6.07 Å². The first kappa shape index (κ1) is 14.3. The molecular weight excluding hydrogens is 266 g/mol. The summed E-state index contributed by atoms with van der Waals surface area (Å²) in [4.78, 5) is 7.93. The topological polar surface area (TPSA) is 73.1 Å². The van der Waals surface area contributed by atoms with Crippen LogP contribution in [-0.4, -0.2) is 17.1 Å². The highest BCUT2D eigenvalue weighted by atomic mass is 19.1. The highest BCUT2D eigenvalue weighted by molar-refractivity contribution is 5.23. The number of nitrogens with two attached hydrogens (primary N) is 1. The predicted molar refractivity (Wildman–Crippen MR) is 68.7 cm³/mol. The van der Waals surface area contributed by atoms with Gasteiger partial charge in [-0.2, -0.15) is 0 Å². The van der Waals surface area contributed by atoms with E-state index in [0.29, 0.717) is 11.6 Å². The molecule has 2 aromatic rings. The van der Waals surface area contributed by atoms with Gasteiger partial charge in [-0.15, -0.1) is 0 Å². The van der Waals surface area contributed by atoms with Crippen LogP contribution in [0.5, 0.6) is 5.88 Å². The Kier molecular flexibility index (Phi) is 4.54. The molecule has 106 valence electrons. The van der Waals surface area contributed by atoms with Crippen LogP contribution in [0.25, 0.3) is 0 Å². The zero-order valence-corrected chi connectivity index (χ0v) is 10.8. The highest BCUT2D eigenvalue weighted by Gasteiger charge is 2.16. The van der Waals surface area contributed by atoms with Gasteiger partial charge in [0.2, 0.25) is 5.88 Å². The summed E-state index contributed by atoms with van der Waals surface area (Å²) in [6, 6.07) is 4.39. The molecule has 5 nitrogen and oxygen atoms in total. The number of hydrogen-bond donors (Lipinski definition) is 2. The smallest absolute Gasteiger partial charge is 0.216 e. The summed E-state index contributed by atoms with van der Waals surface area (Å²) < 4.78 is 31.8. The lowest BCUT2D eigenvalue weighted by Gasteiger charge is -2.16. The first-order chi connectivity index (χ1) is 9.63. The second-order valence-electron chi connectivity index (χ2n) is 4.14. The Morgan fingerprint density at radius 3 is 2.80 bits per heavy atom. The van der Waals surface area contributed by atoms with Crippen molar-refractivity contribution in [2.75, 3.05) is 7.11 Å². The molecule has 0 aliphatic rings. The molecule has 0 saturated heterocycles. The van der Waals surface area contributed by atoms with Crippen molar-refractivity contribution in [1.82, 2.24) is 15.4 Å². The molecule has 1 heterocycles. The van der Waals surface area contributed by atoms with Gasteiger partial charge in [0.25, 0.3) is 0 Å². The normalized spacial score (nSPS) is 12.2. The third-order valence-electron chi connectivity index (χ3n) is 2.86. The molecule has 1 aromatic heterocycles. The quantitative estimate of drug-likeness (QED) is 0.641. The molecular formula is C13H14F2N4O. The molecule has 20 heavy (non-hydrogen) atoms. The largest absolute Gasteiger partial charge is 0.481 e. The molecule has 7 heteroatoms. The van der Waals surface area contributed by atoms with Gasteiger partial charge in [-0.05, 0) is 30.2 Å². The second-order valence-corrected chi connectivity index (χ2v) is 4.14. The number of aromatic nitrogens is 2. The number of ether oxygens (including phenoxy) is 1. The maximum absolute atomic E-state index is 13.6. The lowest BCUT2D eigenvalue weighted by atomic mass is 10.0.